The predicted molar refractivity (Wildman–Crippen MR) is 176 cm³/mol. The number of unbranched alkanes of at least 4 members (excludes halogenated alkanes) is 1. The molecule has 3 aromatic carbocycles. The van der Waals surface area contributed by atoms with E-state index in [-0.39, 0.29) is 43.7 Å². The third-order valence-corrected chi connectivity index (χ3v) is 9.72. The minimum atomic E-state index is -4.48. The highest BCUT2D eigenvalue weighted by Gasteiger charge is 2.35. The lowest BCUT2D eigenvalue weighted by Crippen LogP contribution is -2.51. The van der Waals surface area contributed by atoms with Crippen molar-refractivity contribution < 1.29 is 32.2 Å². The van der Waals surface area contributed by atoms with Crippen molar-refractivity contribution in [2.24, 2.45) is 0 Å². The summed E-state index contributed by atoms with van der Waals surface area (Å²) in [5.41, 5.74) is 0.404. The summed E-state index contributed by atoms with van der Waals surface area (Å²) in [6, 6.07) is 12.3. The van der Waals surface area contributed by atoms with Crippen LogP contribution in [0.2, 0.25) is 15.1 Å². The number of ether oxygens (including phenoxy) is 3. The smallest absolute Gasteiger partial charge is 0.265 e. The summed E-state index contributed by atoms with van der Waals surface area (Å²) in [4.78, 5) is 28.5. The normalized spacial score (nSPS) is 11.8. The van der Waals surface area contributed by atoms with Crippen LogP contribution in [-0.4, -0.2) is 65.6 Å². The van der Waals surface area contributed by atoms with Crippen LogP contribution in [0.5, 0.6) is 17.2 Å². The number of nitrogens with one attached hydrogen (secondary N) is 1. The molecule has 244 valence electrons. The highest BCUT2D eigenvalue weighted by Crippen LogP contribution is 2.37. The Kier molecular flexibility index (Phi) is 13.0. The monoisotopic (exact) mass is 699 g/mol. The Morgan fingerprint density at radius 3 is 2.11 bits per heavy atom. The zero-order valence-electron chi connectivity index (χ0n) is 25.6. The molecule has 10 nitrogen and oxygen atoms in total. The molecular formula is C31H36Cl3N3O7S. The number of benzene rings is 3. The molecule has 0 spiro atoms. The van der Waals surface area contributed by atoms with Gasteiger partial charge in [0.05, 0.1) is 31.9 Å². The molecule has 0 radical (unpaired) electrons. The number of halogens is 3. The summed E-state index contributed by atoms with van der Waals surface area (Å²) in [7, 11) is -0.319. The quantitative estimate of drug-likeness (QED) is 0.188. The van der Waals surface area contributed by atoms with Crippen molar-refractivity contribution in [3.63, 3.8) is 0 Å². The lowest BCUT2D eigenvalue weighted by atomic mass is 10.1. The van der Waals surface area contributed by atoms with Gasteiger partial charge in [-0.15, -0.1) is 0 Å². The van der Waals surface area contributed by atoms with Gasteiger partial charge in [-0.2, -0.15) is 0 Å². The van der Waals surface area contributed by atoms with Crippen LogP contribution >= 0.6 is 34.8 Å². The van der Waals surface area contributed by atoms with Crippen molar-refractivity contribution >= 4 is 62.3 Å². The largest absolute Gasteiger partial charge is 0.495 e. The zero-order chi connectivity index (χ0) is 33.3. The third-order valence-electron chi connectivity index (χ3n) is 7.02. The SMILES string of the molecule is CCCCNC(=O)C(C)N(Cc1c(Cl)cccc1Cl)C(=O)CN(c1cc(Cl)ccc1OC)S(=O)(=O)c1ccc(OC)c(OC)c1. The number of amides is 2. The first-order valence-electron chi connectivity index (χ1n) is 14.0. The van der Waals surface area contributed by atoms with E-state index in [0.29, 0.717) is 17.9 Å². The first kappa shape index (κ1) is 36.1. The maximum atomic E-state index is 14.3. The van der Waals surface area contributed by atoms with Crippen molar-refractivity contribution in [2.75, 3.05) is 38.7 Å². The van der Waals surface area contributed by atoms with Crippen molar-refractivity contribution in [2.45, 2.75) is 44.2 Å². The minimum Gasteiger partial charge on any atom is -0.495 e. The second-order valence-electron chi connectivity index (χ2n) is 9.89. The maximum absolute atomic E-state index is 14.3. The molecule has 0 aliphatic rings. The lowest BCUT2D eigenvalue weighted by Gasteiger charge is -2.32. The first-order chi connectivity index (χ1) is 21.4. The molecule has 1 N–H and O–H groups in total. The van der Waals surface area contributed by atoms with E-state index >= 15 is 0 Å². The fraction of sp³-hybridized carbons (Fsp3) is 0.355. The summed E-state index contributed by atoms with van der Waals surface area (Å²) in [6.07, 6.45) is 1.60. The zero-order valence-corrected chi connectivity index (χ0v) is 28.7. The van der Waals surface area contributed by atoms with E-state index in [1.54, 1.807) is 25.1 Å². The second-order valence-corrected chi connectivity index (χ2v) is 13.0. The van der Waals surface area contributed by atoms with Crippen LogP contribution in [0.25, 0.3) is 0 Å². The molecule has 3 aromatic rings. The Bertz CT molecular complexity index is 1600. The minimum absolute atomic E-state index is 0.00362. The summed E-state index contributed by atoms with van der Waals surface area (Å²) in [5, 5.41) is 3.60. The standard InChI is InChI=1S/C31H36Cl3N3O7S/c1-6-7-15-35-31(39)20(2)36(18-23-24(33)9-8-10-25(23)34)30(38)19-37(26-16-21(32)11-13-27(26)42-3)45(40,41)22-12-14-28(43-4)29(17-22)44-5/h8-14,16-17,20H,6-7,15,18-19H2,1-5H3,(H,35,39). The molecule has 0 aromatic heterocycles. The van der Waals surface area contributed by atoms with Crippen molar-refractivity contribution in [1.82, 2.24) is 10.2 Å². The Hall–Kier alpha value is -3.38. The van der Waals surface area contributed by atoms with Crippen molar-refractivity contribution in [3.8, 4) is 17.2 Å². The van der Waals surface area contributed by atoms with E-state index in [2.05, 4.69) is 5.32 Å². The van der Waals surface area contributed by atoms with E-state index in [0.717, 1.165) is 17.1 Å². The van der Waals surface area contributed by atoms with Gasteiger partial charge in [-0.3, -0.25) is 13.9 Å². The molecule has 0 aliphatic carbocycles. The molecule has 0 bridgehead atoms. The van der Waals surface area contributed by atoms with Gasteiger partial charge in [0.25, 0.3) is 10.0 Å². The van der Waals surface area contributed by atoms with Gasteiger partial charge in [0.2, 0.25) is 11.8 Å². The second kappa shape index (κ2) is 16.3. The fourth-order valence-electron chi connectivity index (χ4n) is 4.45. The van der Waals surface area contributed by atoms with Gasteiger partial charge in [0.15, 0.2) is 11.5 Å². The highest BCUT2D eigenvalue weighted by molar-refractivity contribution is 7.92. The molecular weight excluding hydrogens is 665 g/mol. The van der Waals surface area contributed by atoms with Gasteiger partial charge in [-0.1, -0.05) is 54.2 Å². The van der Waals surface area contributed by atoms with Gasteiger partial charge in [-0.05, 0) is 55.8 Å². The topological polar surface area (TPSA) is 114 Å². The number of methoxy groups -OCH3 is 3. The molecule has 0 saturated heterocycles. The molecule has 2 amide bonds. The number of carbonyl (C=O) groups is 2. The van der Waals surface area contributed by atoms with Gasteiger partial charge in [-0.25, -0.2) is 8.42 Å². The van der Waals surface area contributed by atoms with Gasteiger partial charge >= 0.3 is 0 Å². The number of rotatable bonds is 15. The lowest BCUT2D eigenvalue weighted by molar-refractivity contribution is -0.139. The number of sulfonamides is 1. The number of hydrogen-bond acceptors (Lipinski definition) is 7. The molecule has 0 saturated carbocycles. The molecule has 14 heteroatoms. The molecule has 1 unspecified atom stereocenters. The van der Waals surface area contributed by atoms with E-state index < -0.39 is 34.4 Å². The van der Waals surface area contributed by atoms with E-state index in [9.17, 15) is 18.0 Å². The van der Waals surface area contributed by atoms with Crippen LogP contribution in [0.1, 0.15) is 32.3 Å². The third kappa shape index (κ3) is 8.66. The van der Waals surface area contributed by atoms with Gasteiger partial charge < -0.3 is 24.4 Å². The van der Waals surface area contributed by atoms with Crippen molar-refractivity contribution in [1.29, 1.82) is 0 Å². The van der Waals surface area contributed by atoms with Crippen LogP contribution in [0.4, 0.5) is 5.69 Å². The highest BCUT2D eigenvalue weighted by atomic mass is 35.5. The predicted octanol–water partition coefficient (Wildman–Crippen LogP) is 6.20. The molecule has 0 heterocycles. The number of anilines is 1. The van der Waals surface area contributed by atoms with Crippen LogP contribution in [0.15, 0.2) is 59.5 Å². The first-order valence-corrected chi connectivity index (χ1v) is 16.5. The summed E-state index contributed by atoms with van der Waals surface area (Å²) in [6.45, 7) is 3.05. The average Bonchev–Trinajstić information content (AvgIpc) is 3.02. The number of carbonyl (C=O) groups excluding carboxylic acids is 2. The molecule has 3 rings (SSSR count). The molecule has 0 aliphatic heterocycles. The fourth-order valence-corrected chi connectivity index (χ4v) is 6.56. The van der Waals surface area contributed by atoms with E-state index in [1.807, 2.05) is 6.92 Å². The summed E-state index contributed by atoms with van der Waals surface area (Å²) >= 11 is 19.2. The molecule has 45 heavy (non-hydrogen) atoms. The van der Waals surface area contributed by atoms with Crippen LogP contribution in [0.3, 0.4) is 0 Å². The Labute approximate surface area is 279 Å². The van der Waals surface area contributed by atoms with Gasteiger partial charge in [0, 0.05) is 39.8 Å². The van der Waals surface area contributed by atoms with Crippen LogP contribution < -0.4 is 23.8 Å². The molecule has 1 atom stereocenters. The summed E-state index contributed by atoms with van der Waals surface area (Å²) in [5.74, 6) is -0.521. The summed E-state index contributed by atoms with van der Waals surface area (Å²) < 4.78 is 45.6. The van der Waals surface area contributed by atoms with Crippen LogP contribution in [-0.2, 0) is 26.2 Å². The van der Waals surface area contributed by atoms with Gasteiger partial charge in [0.1, 0.15) is 18.3 Å². The average molecular weight is 701 g/mol. The maximum Gasteiger partial charge on any atom is 0.265 e. The number of hydrogen-bond donors (Lipinski definition) is 1. The Balaban J connectivity index is 2.16. The Morgan fingerprint density at radius 2 is 1.51 bits per heavy atom. The van der Waals surface area contributed by atoms with Crippen molar-refractivity contribution in [3.05, 3.63) is 75.2 Å². The Morgan fingerprint density at radius 1 is 0.889 bits per heavy atom. The molecule has 0 fully saturated rings. The van der Waals surface area contributed by atoms with E-state index in [4.69, 9.17) is 49.0 Å². The number of nitrogens with zero attached hydrogens (tertiary/aromatic N) is 2. The van der Waals surface area contributed by atoms with E-state index in [1.165, 1.54) is 62.6 Å². The van der Waals surface area contributed by atoms with Crippen LogP contribution in [0, 0.1) is 0 Å².